The number of carbonyl (C=O) groups excluding carboxylic acids is 1. The first-order valence-corrected chi connectivity index (χ1v) is 7.82. The molecule has 2 aromatic heterocycles. The number of halogens is 1. The molecule has 2 heterocycles. The van der Waals surface area contributed by atoms with E-state index in [1.807, 2.05) is 37.3 Å². The number of fused-ring (bicyclic) bond motifs is 1. The number of hydrogen-bond donors (Lipinski definition) is 1. The number of benzene rings is 1. The van der Waals surface area contributed by atoms with Crippen molar-refractivity contribution in [1.29, 1.82) is 0 Å². The highest BCUT2D eigenvalue weighted by Gasteiger charge is 2.11. The van der Waals surface area contributed by atoms with Crippen molar-refractivity contribution in [3.05, 3.63) is 59.5 Å². The molecule has 0 aliphatic carbocycles. The van der Waals surface area contributed by atoms with Gasteiger partial charge in [0, 0.05) is 24.2 Å². The van der Waals surface area contributed by atoms with E-state index in [9.17, 15) is 4.79 Å². The molecule has 0 aliphatic heterocycles. The van der Waals surface area contributed by atoms with E-state index in [-0.39, 0.29) is 11.9 Å². The Morgan fingerprint density at radius 1 is 1.30 bits per heavy atom. The number of nitrogens with zero attached hydrogens (tertiary/aromatic N) is 3. The smallest absolute Gasteiger partial charge is 0.222 e. The molecular formula is C17H17ClN4O. The molecule has 0 bridgehead atoms. The van der Waals surface area contributed by atoms with Crippen LogP contribution in [0.15, 0.2) is 48.9 Å². The number of carbonyl (C=O) groups is 1. The fourth-order valence-electron chi connectivity index (χ4n) is 2.50. The molecule has 1 N–H and O–H groups in total. The first kappa shape index (κ1) is 15.5. The maximum Gasteiger partial charge on any atom is 0.222 e. The van der Waals surface area contributed by atoms with E-state index in [1.165, 1.54) is 0 Å². The zero-order chi connectivity index (χ0) is 16.2. The number of pyridine rings is 1. The molecular weight excluding hydrogens is 312 g/mol. The van der Waals surface area contributed by atoms with Crippen molar-refractivity contribution in [3.8, 4) is 0 Å². The summed E-state index contributed by atoms with van der Waals surface area (Å²) in [7, 11) is 0. The number of amides is 1. The third-order valence-corrected chi connectivity index (χ3v) is 4.10. The second kappa shape index (κ2) is 6.79. The van der Waals surface area contributed by atoms with Gasteiger partial charge in [0.25, 0.3) is 0 Å². The molecule has 6 heteroatoms. The molecule has 0 saturated carbocycles. The molecule has 0 aliphatic rings. The summed E-state index contributed by atoms with van der Waals surface area (Å²) in [6.07, 6.45) is 5.53. The van der Waals surface area contributed by atoms with Gasteiger partial charge in [0.2, 0.25) is 5.91 Å². The maximum absolute atomic E-state index is 12.1. The molecule has 1 amide bonds. The minimum atomic E-state index is -0.0469. The molecule has 0 radical (unpaired) electrons. The molecule has 23 heavy (non-hydrogen) atoms. The summed E-state index contributed by atoms with van der Waals surface area (Å²) in [4.78, 5) is 16.1. The standard InChI is InChI=1S/C17H17ClN4O/c1-12(13-5-8-19-9-6-13)21-17(23)7-10-22-16-4-2-3-15(18)14(16)11-20-22/h2-6,8-9,11-12H,7,10H2,1H3,(H,21,23)/t12-/m1/s1. The Hall–Kier alpha value is -2.40. The Balaban J connectivity index is 1.61. The molecule has 0 saturated heterocycles. The fraction of sp³-hybridized carbons (Fsp3) is 0.235. The lowest BCUT2D eigenvalue weighted by molar-refractivity contribution is -0.122. The summed E-state index contributed by atoms with van der Waals surface area (Å²) in [5.74, 6) is -0.0139. The molecule has 118 valence electrons. The fourth-order valence-corrected chi connectivity index (χ4v) is 2.72. The molecule has 3 rings (SSSR count). The van der Waals surface area contributed by atoms with Gasteiger partial charge in [0.1, 0.15) is 0 Å². The number of aromatic nitrogens is 3. The predicted molar refractivity (Wildman–Crippen MR) is 90.2 cm³/mol. The average molecular weight is 329 g/mol. The highest BCUT2D eigenvalue weighted by Crippen LogP contribution is 2.22. The minimum Gasteiger partial charge on any atom is -0.350 e. The number of aryl methyl sites for hydroxylation is 1. The van der Waals surface area contributed by atoms with Crippen LogP contribution >= 0.6 is 11.6 Å². The van der Waals surface area contributed by atoms with Crippen LogP contribution in [0.25, 0.3) is 10.9 Å². The van der Waals surface area contributed by atoms with Crippen molar-refractivity contribution in [1.82, 2.24) is 20.1 Å². The average Bonchev–Trinajstić information content (AvgIpc) is 2.98. The first-order chi connectivity index (χ1) is 11.1. The zero-order valence-corrected chi connectivity index (χ0v) is 13.5. The summed E-state index contributed by atoms with van der Waals surface area (Å²) >= 11 is 6.13. The molecule has 0 spiro atoms. The lowest BCUT2D eigenvalue weighted by atomic mass is 10.1. The molecule has 0 fully saturated rings. The van der Waals surface area contributed by atoms with Crippen LogP contribution in [-0.4, -0.2) is 20.7 Å². The van der Waals surface area contributed by atoms with Crippen molar-refractivity contribution in [2.45, 2.75) is 25.9 Å². The van der Waals surface area contributed by atoms with Crippen LogP contribution in [0.5, 0.6) is 0 Å². The number of nitrogens with one attached hydrogen (secondary N) is 1. The van der Waals surface area contributed by atoms with Crippen molar-refractivity contribution in [2.75, 3.05) is 0 Å². The van der Waals surface area contributed by atoms with E-state index in [4.69, 9.17) is 11.6 Å². The lowest BCUT2D eigenvalue weighted by Crippen LogP contribution is -2.27. The third-order valence-electron chi connectivity index (χ3n) is 3.77. The number of hydrogen-bond acceptors (Lipinski definition) is 3. The Morgan fingerprint density at radius 3 is 2.87 bits per heavy atom. The lowest BCUT2D eigenvalue weighted by Gasteiger charge is -2.14. The summed E-state index contributed by atoms with van der Waals surface area (Å²) in [5, 5.41) is 8.87. The van der Waals surface area contributed by atoms with Crippen LogP contribution in [0.3, 0.4) is 0 Å². The molecule has 5 nitrogen and oxygen atoms in total. The van der Waals surface area contributed by atoms with Crippen LogP contribution in [0.2, 0.25) is 5.02 Å². The van der Waals surface area contributed by atoms with Crippen molar-refractivity contribution >= 4 is 28.4 Å². The Labute approximate surface area is 139 Å². The minimum absolute atomic E-state index is 0.0139. The van der Waals surface area contributed by atoms with Gasteiger partial charge in [-0.1, -0.05) is 17.7 Å². The highest BCUT2D eigenvalue weighted by molar-refractivity contribution is 6.35. The van der Waals surface area contributed by atoms with E-state index in [0.717, 1.165) is 16.5 Å². The van der Waals surface area contributed by atoms with Gasteiger partial charge in [-0.25, -0.2) is 0 Å². The maximum atomic E-state index is 12.1. The molecule has 0 unspecified atom stereocenters. The van der Waals surface area contributed by atoms with Gasteiger partial charge < -0.3 is 5.32 Å². The first-order valence-electron chi connectivity index (χ1n) is 7.44. The largest absolute Gasteiger partial charge is 0.350 e. The normalized spacial score (nSPS) is 12.3. The molecule has 1 atom stereocenters. The van der Waals surface area contributed by atoms with Gasteiger partial charge in [-0.2, -0.15) is 5.10 Å². The summed E-state index contributed by atoms with van der Waals surface area (Å²) < 4.78 is 1.80. The Morgan fingerprint density at radius 2 is 2.09 bits per heavy atom. The van der Waals surface area contributed by atoms with Crippen molar-refractivity contribution in [2.24, 2.45) is 0 Å². The van der Waals surface area contributed by atoms with E-state index < -0.39 is 0 Å². The second-order valence-electron chi connectivity index (χ2n) is 5.36. The van der Waals surface area contributed by atoms with Gasteiger partial charge in [0.15, 0.2) is 0 Å². The second-order valence-corrected chi connectivity index (χ2v) is 5.77. The quantitative estimate of drug-likeness (QED) is 0.781. The molecule has 3 aromatic rings. The van der Waals surface area contributed by atoms with Gasteiger partial charge in [0.05, 0.1) is 29.3 Å². The van der Waals surface area contributed by atoms with E-state index in [1.54, 1.807) is 23.3 Å². The van der Waals surface area contributed by atoms with E-state index in [0.29, 0.717) is 18.0 Å². The van der Waals surface area contributed by atoms with Gasteiger partial charge >= 0.3 is 0 Å². The van der Waals surface area contributed by atoms with Crippen LogP contribution in [0, 0.1) is 0 Å². The van der Waals surface area contributed by atoms with Gasteiger partial charge in [-0.15, -0.1) is 0 Å². The zero-order valence-electron chi connectivity index (χ0n) is 12.7. The van der Waals surface area contributed by atoms with Crippen molar-refractivity contribution < 1.29 is 4.79 Å². The monoisotopic (exact) mass is 328 g/mol. The Kier molecular flexibility index (Phi) is 4.57. The molecule has 1 aromatic carbocycles. The highest BCUT2D eigenvalue weighted by atomic mass is 35.5. The van der Waals surface area contributed by atoms with Crippen molar-refractivity contribution in [3.63, 3.8) is 0 Å². The van der Waals surface area contributed by atoms with E-state index >= 15 is 0 Å². The number of rotatable bonds is 5. The summed E-state index contributed by atoms with van der Waals surface area (Å²) in [5.41, 5.74) is 1.97. The summed E-state index contributed by atoms with van der Waals surface area (Å²) in [6.45, 7) is 2.47. The van der Waals surface area contributed by atoms with Crippen LogP contribution < -0.4 is 5.32 Å². The van der Waals surface area contributed by atoms with Crippen LogP contribution in [-0.2, 0) is 11.3 Å². The van der Waals surface area contributed by atoms with Crippen LogP contribution in [0.4, 0.5) is 0 Å². The van der Waals surface area contributed by atoms with E-state index in [2.05, 4.69) is 15.4 Å². The Bertz CT molecular complexity index is 816. The van der Waals surface area contributed by atoms with Crippen LogP contribution in [0.1, 0.15) is 24.9 Å². The summed E-state index contributed by atoms with van der Waals surface area (Å²) in [6, 6.07) is 9.41. The van der Waals surface area contributed by atoms with Gasteiger partial charge in [-0.3, -0.25) is 14.5 Å². The third kappa shape index (κ3) is 3.51. The van der Waals surface area contributed by atoms with Gasteiger partial charge in [-0.05, 0) is 36.8 Å². The topological polar surface area (TPSA) is 59.8 Å². The SMILES string of the molecule is C[C@@H](NC(=O)CCn1ncc2c(Cl)cccc21)c1ccncc1. The predicted octanol–water partition coefficient (Wildman–Crippen LogP) is 3.35.